The fraction of sp³-hybridized carbons (Fsp3) is 0.455. The van der Waals surface area contributed by atoms with Gasteiger partial charge in [0.15, 0.2) is 46.5 Å². The van der Waals surface area contributed by atoms with Gasteiger partial charge in [-0.25, -0.2) is 34.3 Å². The van der Waals surface area contributed by atoms with Crippen LogP contribution in [0.25, 0.3) is 0 Å². The van der Waals surface area contributed by atoms with Gasteiger partial charge < -0.3 is 57.7 Å². The van der Waals surface area contributed by atoms with Gasteiger partial charge in [0.2, 0.25) is 23.7 Å². The van der Waals surface area contributed by atoms with Crippen LogP contribution in [0.4, 0.5) is 74.2 Å². The maximum atomic E-state index is 15.3. The number of aromatic nitrogens is 16. The molecule has 30 nitrogen and oxygen atoms in total. The Bertz CT molecular complexity index is 6080. The number of carbonyl (C=O) groups is 2. The van der Waals surface area contributed by atoms with Gasteiger partial charge >= 0.3 is 0 Å². The molecule has 12 aromatic rings. The molecule has 4 aliphatic heterocycles. The van der Waals surface area contributed by atoms with E-state index in [0.717, 1.165) is 136 Å². The SMILES string of the molecule is CCNC(C)(C)C(=O)N1CCC(c2cc(C)c(Cc3ncc(Cl)c(Nc4cc(C)[nH]n4)n3)cc2C)CC1.CCNC1(C(=O)N2CCC(c3cc(F)c(Cc4ncc(Cl)c(Nc5cc(C)[nH]n5)n4)cc3C)CC2)CCC1.Cc1cc(Nc2nc(Nc3cc(C)c(C4CCCCN4C)cc3C)ncc2Cl)n[nH]1.Cc1cc(Nc2nc(Nc3cc(C)c(C4CCCNC4)cc3C)ncc2Cl)n[nH]1. The van der Waals surface area contributed by atoms with E-state index in [1.807, 2.05) is 95.5 Å². The van der Waals surface area contributed by atoms with Gasteiger partial charge in [0.1, 0.15) is 37.6 Å². The van der Waals surface area contributed by atoms with Gasteiger partial charge in [-0.05, 0) is 302 Å². The number of hydrogen-bond donors (Lipinski definition) is 13. The predicted octanol–water partition coefficient (Wildman–Crippen LogP) is 20.5. The molecule has 0 bridgehead atoms. The summed E-state index contributed by atoms with van der Waals surface area (Å²) in [7, 11) is 2.22. The van der Waals surface area contributed by atoms with Crippen molar-refractivity contribution in [3.05, 3.63) is 230 Å². The maximum absolute atomic E-state index is 15.3. The van der Waals surface area contributed by atoms with E-state index < -0.39 is 5.54 Å². The van der Waals surface area contributed by atoms with Crippen LogP contribution < -0.4 is 47.9 Å². The van der Waals surface area contributed by atoms with Crippen molar-refractivity contribution in [2.45, 2.75) is 229 Å². The average molecular weight is 1900 g/mol. The third-order valence-electron chi connectivity index (χ3n) is 26.1. The van der Waals surface area contributed by atoms with Crippen molar-refractivity contribution in [1.82, 2.24) is 111 Å². The monoisotopic (exact) mass is 1900 g/mol. The summed E-state index contributed by atoms with van der Waals surface area (Å²) in [6, 6.07) is 25.1. The van der Waals surface area contributed by atoms with Crippen LogP contribution in [0, 0.1) is 82.0 Å². The number of aryl methyl sites for hydroxylation is 11. The Morgan fingerprint density at radius 3 is 1.31 bits per heavy atom. The molecular formula is C99H127Cl4FN28O2. The number of likely N-dealkylation sites (tertiary alicyclic amines) is 3. The standard InChI is InChI=1S/C28H35ClFN7O.C28H38ClN7O.C22H28ClN7.C21H26ClN7/c1-4-32-28(8-5-9-28)27(38)37-10-6-19(7-11-37)21-15-23(30)20(12-17(21)2)14-24-31-16-22(29)26(33-24)34-25-13-18(3)35-36-25;1-7-31-28(5,6)27(37)36-10-8-20(9-11-36)22-13-17(2)21(12-18(22)3)15-24-30-16-23(29)26(32-24)33-25-14-19(4)34-35-25;1-13-10-18(14(2)9-16(13)19-7-5-6-8-30(19)4)25-22-24-12-17(23)21(27-22)26-20-11-15(3)28-29-20;1-12-8-18(13(2)7-16(12)15-5-4-6-23-10-15)25-21-24-11-17(22)20(27-21)26-19-9-14(3)28-29-19/h12-13,15-16,19,32H,4-11,14H2,1-3H3,(H2,31,33,34,35,36);12-14,16,20,31H,7-11,15H2,1-6H3,(H2,30,32,33,34,35);9-12,19H,5-8H2,1-4H3,(H3,24,25,26,27,28,29);7-9,11,15,23H,4-6,10H2,1-3H3,(H3,24,25,26,27,28,29). The third kappa shape index (κ3) is 24.9. The van der Waals surface area contributed by atoms with Crippen molar-refractivity contribution >= 4 is 128 Å². The lowest BCUT2D eigenvalue weighted by Crippen LogP contribution is -2.62. The van der Waals surface area contributed by atoms with Crippen LogP contribution in [0.3, 0.4) is 0 Å². The molecule has 0 radical (unpaired) electrons. The van der Waals surface area contributed by atoms with Crippen LogP contribution in [0.5, 0.6) is 0 Å². The Labute approximate surface area is 804 Å². The van der Waals surface area contributed by atoms with Gasteiger partial charge in [0, 0.05) is 110 Å². The second kappa shape index (κ2) is 44.5. The van der Waals surface area contributed by atoms with Crippen LogP contribution in [0.1, 0.15) is 235 Å². The maximum Gasteiger partial charge on any atom is 0.242 e. The minimum Gasteiger partial charge on any atom is -0.341 e. The van der Waals surface area contributed by atoms with Crippen molar-refractivity contribution in [1.29, 1.82) is 0 Å². The van der Waals surface area contributed by atoms with Crippen molar-refractivity contribution < 1.29 is 14.0 Å². The molecule has 17 rings (SSSR count). The average Bonchev–Trinajstić information content (AvgIpc) is 0.774. The van der Waals surface area contributed by atoms with Crippen LogP contribution in [-0.4, -0.2) is 184 Å². The number of piperidine rings is 4. The lowest BCUT2D eigenvalue weighted by molar-refractivity contribution is -0.143. The van der Waals surface area contributed by atoms with E-state index in [1.54, 1.807) is 24.7 Å². The Morgan fingerprint density at radius 1 is 0.448 bits per heavy atom. The largest absolute Gasteiger partial charge is 0.341 e. The Morgan fingerprint density at radius 2 is 0.873 bits per heavy atom. The molecule has 2 amide bonds. The molecule has 5 fully saturated rings. The van der Waals surface area contributed by atoms with E-state index in [0.29, 0.717) is 133 Å². The summed E-state index contributed by atoms with van der Waals surface area (Å²) < 4.78 is 15.3. The Balaban J connectivity index is 0.000000144. The van der Waals surface area contributed by atoms with Gasteiger partial charge in [-0.2, -0.15) is 30.4 Å². The number of nitrogens with one attached hydrogen (secondary N) is 13. The summed E-state index contributed by atoms with van der Waals surface area (Å²) in [4.78, 5) is 68.4. The molecular weight excluding hydrogens is 1770 g/mol. The van der Waals surface area contributed by atoms with E-state index >= 15 is 4.39 Å². The van der Waals surface area contributed by atoms with Crippen molar-refractivity contribution in [3.63, 3.8) is 0 Å². The first-order valence-corrected chi connectivity index (χ1v) is 48.1. The van der Waals surface area contributed by atoms with Crippen molar-refractivity contribution in [2.75, 3.05) is 97.9 Å². The molecule has 35 heteroatoms. The normalized spacial score (nSPS) is 16.4. The number of benzene rings is 4. The number of carbonyl (C=O) groups excluding carboxylic acids is 2. The highest BCUT2D eigenvalue weighted by atomic mass is 35.5. The highest BCUT2D eigenvalue weighted by Crippen LogP contribution is 2.42. The fourth-order valence-electron chi connectivity index (χ4n) is 18.7. The van der Waals surface area contributed by atoms with E-state index in [9.17, 15) is 9.59 Å². The molecule has 710 valence electrons. The number of H-pyrrole nitrogens is 4. The Kier molecular flexibility index (Phi) is 32.8. The number of likely N-dealkylation sites (N-methyl/N-ethyl adjacent to an activating group) is 2. The molecule has 2 unspecified atom stereocenters. The lowest BCUT2D eigenvalue weighted by atomic mass is 9.75. The summed E-state index contributed by atoms with van der Waals surface area (Å²) in [5, 5.41) is 59.4. The van der Waals surface area contributed by atoms with Crippen LogP contribution >= 0.6 is 46.4 Å². The molecule has 134 heavy (non-hydrogen) atoms. The molecule has 1 saturated carbocycles. The number of amides is 2. The number of halogens is 5. The summed E-state index contributed by atoms with van der Waals surface area (Å²) in [5.74, 6) is 8.14. The van der Waals surface area contributed by atoms with Gasteiger partial charge in [-0.3, -0.25) is 34.9 Å². The van der Waals surface area contributed by atoms with Gasteiger partial charge in [0.25, 0.3) is 0 Å². The van der Waals surface area contributed by atoms with E-state index in [1.165, 1.54) is 93.9 Å². The second-order valence-electron chi connectivity index (χ2n) is 36.9. The molecule has 8 aromatic heterocycles. The van der Waals surface area contributed by atoms with Gasteiger partial charge in [-0.15, -0.1) is 0 Å². The number of anilines is 12. The van der Waals surface area contributed by atoms with Crippen molar-refractivity contribution in [3.8, 4) is 0 Å². The van der Waals surface area contributed by atoms with Crippen LogP contribution in [0.2, 0.25) is 20.1 Å². The minimum atomic E-state index is -0.522. The minimum absolute atomic E-state index is 0.190. The highest BCUT2D eigenvalue weighted by Gasteiger charge is 2.46. The molecule has 12 heterocycles. The molecule has 2 atom stereocenters. The van der Waals surface area contributed by atoms with Crippen molar-refractivity contribution in [2.24, 2.45) is 0 Å². The van der Waals surface area contributed by atoms with E-state index in [4.69, 9.17) is 46.4 Å². The highest BCUT2D eigenvalue weighted by molar-refractivity contribution is 6.34. The van der Waals surface area contributed by atoms with E-state index in [-0.39, 0.29) is 35.5 Å². The first-order valence-electron chi connectivity index (χ1n) is 46.6. The summed E-state index contributed by atoms with van der Waals surface area (Å²) in [6.07, 6.45) is 20.0. The van der Waals surface area contributed by atoms with E-state index in [2.05, 4.69) is 225 Å². The fourth-order valence-corrected chi connectivity index (χ4v) is 19.3. The summed E-state index contributed by atoms with van der Waals surface area (Å²) in [5.41, 5.74) is 20.3. The molecule has 5 aliphatic rings. The van der Waals surface area contributed by atoms with Crippen LogP contribution in [-0.2, 0) is 22.4 Å². The number of nitrogens with zero attached hydrogens (tertiary/aromatic N) is 15. The zero-order valence-corrected chi connectivity index (χ0v) is 82.7. The summed E-state index contributed by atoms with van der Waals surface area (Å²) in [6.45, 7) is 38.6. The molecule has 13 N–H and O–H groups in total. The Hall–Kier alpha value is -11.3. The molecule has 4 saturated heterocycles. The zero-order valence-electron chi connectivity index (χ0n) is 79.7. The smallest absolute Gasteiger partial charge is 0.242 e. The number of rotatable bonds is 26. The van der Waals surface area contributed by atoms with Gasteiger partial charge in [-0.1, -0.05) is 97.0 Å². The molecule has 0 spiro atoms. The summed E-state index contributed by atoms with van der Waals surface area (Å²) >= 11 is 25.1. The van der Waals surface area contributed by atoms with Crippen LogP contribution in [0.15, 0.2) is 97.6 Å². The quantitative estimate of drug-likeness (QED) is 0.0239. The first-order chi connectivity index (χ1) is 64.2. The number of hydrogen-bond acceptors (Lipinski definition) is 24. The van der Waals surface area contributed by atoms with Gasteiger partial charge in [0.05, 0.1) is 35.9 Å². The lowest BCUT2D eigenvalue weighted by Gasteiger charge is -2.45. The first kappa shape index (κ1) is 98.7. The third-order valence-corrected chi connectivity index (χ3v) is 27.2. The molecule has 4 aromatic carbocycles. The number of aromatic amines is 4. The second-order valence-corrected chi connectivity index (χ2v) is 38.5. The zero-order chi connectivity index (χ0) is 95.2. The topological polar surface area (TPSA) is 370 Å². The molecule has 1 aliphatic carbocycles. The predicted molar refractivity (Wildman–Crippen MR) is 535 cm³/mol.